The first kappa shape index (κ1) is 19.3. The first-order valence-electron chi connectivity index (χ1n) is 9.70. The average Bonchev–Trinajstić information content (AvgIpc) is 3.47. The maximum Gasteiger partial charge on any atom is 0.194 e. The van der Waals surface area contributed by atoms with Gasteiger partial charge in [0.2, 0.25) is 0 Å². The molecule has 1 fully saturated rings. The van der Waals surface area contributed by atoms with E-state index in [2.05, 4.69) is 42.7 Å². The molecule has 4 rings (SSSR count). The number of benzene rings is 1. The molecule has 0 radical (unpaired) electrons. The number of hydrogen-bond donors (Lipinski definition) is 1. The smallest absolute Gasteiger partial charge is 0.194 e. The van der Waals surface area contributed by atoms with Crippen LogP contribution >= 0.6 is 11.3 Å². The lowest BCUT2D eigenvalue weighted by molar-refractivity contribution is 0.373. The van der Waals surface area contributed by atoms with Gasteiger partial charge in [0, 0.05) is 39.4 Å². The van der Waals surface area contributed by atoms with Crippen molar-refractivity contribution in [3.63, 3.8) is 0 Å². The Morgan fingerprint density at radius 2 is 1.93 bits per heavy atom. The molecular weight excluding hydrogens is 384 g/mol. The van der Waals surface area contributed by atoms with Gasteiger partial charge in [0.15, 0.2) is 5.96 Å². The van der Waals surface area contributed by atoms with Gasteiger partial charge in [0.25, 0.3) is 0 Å². The van der Waals surface area contributed by atoms with Crippen LogP contribution in [-0.2, 0) is 6.54 Å². The summed E-state index contributed by atoms with van der Waals surface area (Å²) in [4.78, 5) is 9.21. The summed E-state index contributed by atoms with van der Waals surface area (Å²) in [6, 6.07) is 14.2. The van der Waals surface area contributed by atoms with Crippen molar-refractivity contribution < 1.29 is 4.74 Å². The first-order valence-corrected chi connectivity index (χ1v) is 10.6. The number of hydrogen-bond acceptors (Lipinski definition) is 5. The van der Waals surface area contributed by atoms with Gasteiger partial charge < -0.3 is 19.9 Å². The molecule has 1 aromatic carbocycles. The maximum atomic E-state index is 5.21. The van der Waals surface area contributed by atoms with E-state index in [4.69, 9.17) is 4.74 Å². The van der Waals surface area contributed by atoms with Crippen LogP contribution in [0.2, 0.25) is 0 Å². The predicted octanol–water partition coefficient (Wildman–Crippen LogP) is 2.84. The number of piperazine rings is 1. The minimum Gasteiger partial charge on any atom is -0.497 e. The van der Waals surface area contributed by atoms with E-state index in [-0.39, 0.29) is 0 Å². The average molecular weight is 411 g/mol. The van der Waals surface area contributed by atoms with Crippen LogP contribution in [0.25, 0.3) is 5.69 Å². The number of ether oxygens (including phenoxy) is 1. The van der Waals surface area contributed by atoms with Crippen LogP contribution in [0.3, 0.4) is 0 Å². The molecule has 1 aliphatic rings. The number of nitrogens with zero attached hydrogens (tertiary/aromatic N) is 5. The van der Waals surface area contributed by atoms with E-state index in [1.165, 1.54) is 5.00 Å². The number of aliphatic imine (C=N–C) groups is 1. The molecule has 0 bridgehead atoms. The third-order valence-electron chi connectivity index (χ3n) is 5.02. The molecule has 1 saturated heterocycles. The van der Waals surface area contributed by atoms with Crippen LogP contribution in [-0.4, -0.2) is 61.0 Å². The van der Waals surface area contributed by atoms with Gasteiger partial charge in [-0.3, -0.25) is 4.99 Å². The highest BCUT2D eigenvalue weighted by Crippen LogP contribution is 2.22. The molecule has 29 heavy (non-hydrogen) atoms. The summed E-state index contributed by atoms with van der Waals surface area (Å²) >= 11 is 1.80. The van der Waals surface area contributed by atoms with E-state index < -0.39 is 0 Å². The SMILES string of the molecule is CN=C(NCc1ccn(-c2ccc(OC)cc2)n1)N1CCN(c2cccs2)CC1. The number of aromatic nitrogens is 2. The van der Waals surface area contributed by atoms with E-state index in [0.29, 0.717) is 6.54 Å². The molecule has 1 N–H and O–H groups in total. The Hall–Kier alpha value is -3.00. The van der Waals surface area contributed by atoms with Gasteiger partial charge in [-0.2, -0.15) is 5.10 Å². The zero-order valence-corrected chi connectivity index (χ0v) is 17.6. The molecule has 7 nitrogen and oxygen atoms in total. The van der Waals surface area contributed by atoms with Gasteiger partial charge in [0.1, 0.15) is 5.75 Å². The van der Waals surface area contributed by atoms with Gasteiger partial charge in [-0.05, 0) is 47.8 Å². The van der Waals surface area contributed by atoms with Crippen molar-refractivity contribution in [2.24, 2.45) is 4.99 Å². The third kappa shape index (κ3) is 4.54. The Kier molecular flexibility index (Phi) is 6.00. The van der Waals surface area contributed by atoms with Crippen molar-refractivity contribution in [1.29, 1.82) is 0 Å². The number of methoxy groups -OCH3 is 1. The van der Waals surface area contributed by atoms with Gasteiger partial charge in [0.05, 0.1) is 30.0 Å². The zero-order valence-electron chi connectivity index (χ0n) is 16.8. The molecule has 3 aromatic rings. The quantitative estimate of drug-likeness (QED) is 0.518. The molecule has 152 valence electrons. The summed E-state index contributed by atoms with van der Waals surface area (Å²) < 4.78 is 7.09. The molecule has 0 unspecified atom stereocenters. The van der Waals surface area contributed by atoms with Gasteiger partial charge in [-0.1, -0.05) is 0 Å². The lowest BCUT2D eigenvalue weighted by atomic mass is 10.3. The topological polar surface area (TPSA) is 57.9 Å². The highest BCUT2D eigenvalue weighted by molar-refractivity contribution is 7.14. The first-order chi connectivity index (χ1) is 14.3. The molecule has 3 heterocycles. The monoisotopic (exact) mass is 410 g/mol. The Labute approximate surface area is 175 Å². The minimum atomic E-state index is 0.640. The second-order valence-electron chi connectivity index (χ2n) is 6.78. The van der Waals surface area contributed by atoms with E-state index in [1.807, 2.05) is 48.3 Å². The maximum absolute atomic E-state index is 5.21. The highest BCUT2D eigenvalue weighted by atomic mass is 32.1. The number of anilines is 1. The fourth-order valence-electron chi connectivity index (χ4n) is 3.43. The summed E-state index contributed by atoms with van der Waals surface area (Å²) in [5.41, 5.74) is 1.98. The fraction of sp³-hybridized carbons (Fsp3) is 0.333. The molecule has 0 saturated carbocycles. The van der Waals surface area contributed by atoms with Gasteiger partial charge in [-0.15, -0.1) is 11.3 Å². The normalized spacial score (nSPS) is 14.9. The standard InChI is InChI=1S/C21H26N6OS/c1-22-21(26-13-11-25(12-14-26)20-4-3-15-29-20)23-16-17-9-10-27(24-17)18-5-7-19(28-2)8-6-18/h3-10,15H,11-14,16H2,1-2H3,(H,22,23). The molecule has 0 atom stereocenters. The van der Waals surface area contributed by atoms with Crippen molar-refractivity contribution in [1.82, 2.24) is 20.0 Å². The second kappa shape index (κ2) is 9.00. The van der Waals surface area contributed by atoms with Crippen molar-refractivity contribution in [3.05, 3.63) is 59.7 Å². The van der Waals surface area contributed by atoms with E-state index >= 15 is 0 Å². The lowest BCUT2D eigenvalue weighted by Crippen LogP contribution is -2.52. The van der Waals surface area contributed by atoms with Gasteiger partial charge >= 0.3 is 0 Å². The Morgan fingerprint density at radius 1 is 1.14 bits per heavy atom. The van der Waals surface area contributed by atoms with Crippen LogP contribution in [0.4, 0.5) is 5.00 Å². The number of thiophene rings is 1. The molecule has 0 aliphatic carbocycles. The predicted molar refractivity (Wildman–Crippen MR) is 118 cm³/mol. The Bertz CT molecular complexity index is 927. The lowest BCUT2D eigenvalue weighted by Gasteiger charge is -2.36. The van der Waals surface area contributed by atoms with Crippen molar-refractivity contribution in [2.45, 2.75) is 6.54 Å². The number of nitrogens with one attached hydrogen (secondary N) is 1. The second-order valence-corrected chi connectivity index (χ2v) is 7.70. The fourth-order valence-corrected chi connectivity index (χ4v) is 4.21. The highest BCUT2D eigenvalue weighted by Gasteiger charge is 2.20. The van der Waals surface area contributed by atoms with Crippen LogP contribution in [0.15, 0.2) is 59.0 Å². The van der Waals surface area contributed by atoms with Crippen LogP contribution in [0.1, 0.15) is 5.69 Å². The summed E-state index contributed by atoms with van der Waals surface area (Å²) in [7, 11) is 3.51. The Morgan fingerprint density at radius 3 is 2.59 bits per heavy atom. The molecule has 0 amide bonds. The number of rotatable bonds is 5. The zero-order chi connectivity index (χ0) is 20.1. The summed E-state index contributed by atoms with van der Waals surface area (Å²) in [5.74, 6) is 1.76. The molecule has 0 spiro atoms. The molecule has 8 heteroatoms. The third-order valence-corrected chi connectivity index (χ3v) is 5.95. The van der Waals surface area contributed by atoms with Crippen molar-refractivity contribution >= 4 is 22.3 Å². The van der Waals surface area contributed by atoms with Crippen molar-refractivity contribution in [2.75, 3.05) is 45.2 Å². The number of guanidine groups is 1. The summed E-state index contributed by atoms with van der Waals surface area (Å²) in [6.07, 6.45) is 1.97. The van der Waals surface area contributed by atoms with Crippen molar-refractivity contribution in [3.8, 4) is 11.4 Å². The molecule has 2 aromatic heterocycles. The summed E-state index contributed by atoms with van der Waals surface area (Å²) in [6.45, 7) is 4.57. The minimum absolute atomic E-state index is 0.640. The summed E-state index contributed by atoms with van der Waals surface area (Å²) in [5, 5.41) is 11.6. The van der Waals surface area contributed by atoms with Crippen LogP contribution in [0, 0.1) is 0 Å². The van der Waals surface area contributed by atoms with Crippen LogP contribution in [0.5, 0.6) is 5.75 Å². The largest absolute Gasteiger partial charge is 0.497 e. The van der Waals surface area contributed by atoms with Crippen LogP contribution < -0.4 is 15.0 Å². The van der Waals surface area contributed by atoms with Gasteiger partial charge in [-0.25, -0.2) is 4.68 Å². The van der Waals surface area contributed by atoms with E-state index in [9.17, 15) is 0 Å². The van der Waals surface area contributed by atoms with E-state index in [0.717, 1.165) is 49.3 Å². The molecular formula is C21H26N6OS. The Balaban J connectivity index is 1.31. The van der Waals surface area contributed by atoms with E-state index in [1.54, 1.807) is 18.4 Å². The molecule has 1 aliphatic heterocycles.